The predicted octanol–water partition coefficient (Wildman–Crippen LogP) is 4.08. The van der Waals surface area contributed by atoms with Crippen LogP contribution in [0.2, 0.25) is 0 Å². The summed E-state index contributed by atoms with van der Waals surface area (Å²) in [5.41, 5.74) is 1.32. The predicted molar refractivity (Wildman–Crippen MR) is 76.4 cm³/mol. The van der Waals surface area contributed by atoms with Crippen LogP contribution in [0.3, 0.4) is 0 Å². The van der Waals surface area contributed by atoms with Crippen LogP contribution in [0, 0.1) is 5.82 Å². The second kappa shape index (κ2) is 5.97. The molecule has 0 aliphatic rings. The van der Waals surface area contributed by atoms with Gasteiger partial charge in [0.25, 0.3) is 5.91 Å². The van der Waals surface area contributed by atoms with Crippen LogP contribution in [0.15, 0.2) is 53.0 Å². The summed E-state index contributed by atoms with van der Waals surface area (Å²) in [6.07, 6.45) is 0. The molecule has 0 heterocycles. The molecule has 2 nitrogen and oxygen atoms in total. The minimum Gasteiger partial charge on any atom is -0.346 e. The molecule has 98 valence electrons. The summed E-state index contributed by atoms with van der Waals surface area (Å²) in [5, 5.41) is 2.84. The van der Waals surface area contributed by atoms with Gasteiger partial charge in [0.2, 0.25) is 0 Å². The summed E-state index contributed by atoms with van der Waals surface area (Å²) in [5.74, 6) is -0.695. The zero-order valence-corrected chi connectivity index (χ0v) is 11.9. The van der Waals surface area contributed by atoms with Gasteiger partial charge in [-0.15, -0.1) is 0 Å². The molecule has 0 bridgehead atoms. The van der Waals surface area contributed by atoms with E-state index in [1.54, 1.807) is 6.07 Å². The summed E-state index contributed by atoms with van der Waals surface area (Å²) in [4.78, 5) is 12.0. The molecule has 0 saturated carbocycles. The highest BCUT2D eigenvalue weighted by atomic mass is 79.9. The Morgan fingerprint density at radius 3 is 2.53 bits per heavy atom. The van der Waals surface area contributed by atoms with Crippen molar-refractivity contribution in [2.75, 3.05) is 0 Å². The van der Waals surface area contributed by atoms with E-state index in [0.29, 0.717) is 5.56 Å². The van der Waals surface area contributed by atoms with Gasteiger partial charge in [-0.2, -0.15) is 0 Å². The number of hydrogen-bond donors (Lipinski definition) is 1. The number of rotatable bonds is 3. The topological polar surface area (TPSA) is 29.1 Å². The maximum absolute atomic E-state index is 13.0. The molecule has 4 heteroatoms. The van der Waals surface area contributed by atoms with Crippen molar-refractivity contribution in [3.8, 4) is 0 Å². The van der Waals surface area contributed by atoms with E-state index in [1.807, 2.05) is 31.2 Å². The van der Waals surface area contributed by atoms with E-state index in [-0.39, 0.29) is 11.9 Å². The van der Waals surface area contributed by atoms with E-state index in [2.05, 4.69) is 21.2 Å². The standard InChI is InChI=1S/C15H13BrFNO/c1-10(11-5-7-13(16)8-6-11)18-15(19)12-3-2-4-14(17)9-12/h2-10H,1H3,(H,18,19)/t10-/m1/s1. The van der Waals surface area contributed by atoms with E-state index in [4.69, 9.17) is 0 Å². The third-order valence-corrected chi connectivity index (χ3v) is 3.33. The minimum absolute atomic E-state index is 0.135. The fraction of sp³-hybridized carbons (Fsp3) is 0.133. The first-order chi connectivity index (χ1) is 9.06. The number of halogens is 2. The molecule has 0 unspecified atom stereocenters. The van der Waals surface area contributed by atoms with Gasteiger partial charge in [-0.3, -0.25) is 4.79 Å². The quantitative estimate of drug-likeness (QED) is 0.906. The van der Waals surface area contributed by atoms with Crippen LogP contribution in [-0.2, 0) is 0 Å². The normalized spacial score (nSPS) is 11.9. The molecule has 1 atom stereocenters. The monoisotopic (exact) mass is 321 g/mol. The molecule has 1 amide bonds. The van der Waals surface area contributed by atoms with Gasteiger partial charge in [0, 0.05) is 10.0 Å². The van der Waals surface area contributed by atoms with Crippen molar-refractivity contribution in [2.24, 2.45) is 0 Å². The second-order valence-electron chi connectivity index (χ2n) is 4.26. The molecule has 0 aromatic heterocycles. The molecule has 0 aliphatic carbocycles. The molecule has 0 spiro atoms. The van der Waals surface area contributed by atoms with E-state index in [1.165, 1.54) is 18.2 Å². The van der Waals surface area contributed by atoms with Gasteiger partial charge in [0.15, 0.2) is 0 Å². The average Bonchev–Trinajstić information content (AvgIpc) is 2.39. The molecule has 0 aliphatic heterocycles. The Labute approximate surface area is 119 Å². The summed E-state index contributed by atoms with van der Waals surface area (Å²) in [6, 6.07) is 13.2. The maximum atomic E-state index is 13.0. The number of carbonyl (C=O) groups is 1. The first-order valence-electron chi connectivity index (χ1n) is 5.88. The van der Waals surface area contributed by atoms with Gasteiger partial charge < -0.3 is 5.32 Å². The zero-order chi connectivity index (χ0) is 13.8. The lowest BCUT2D eigenvalue weighted by molar-refractivity contribution is 0.0939. The average molecular weight is 322 g/mol. The van der Waals surface area contributed by atoms with Crippen LogP contribution >= 0.6 is 15.9 Å². The number of nitrogens with one attached hydrogen (secondary N) is 1. The largest absolute Gasteiger partial charge is 0.346 e. The van der Waals surface area contributed by atoms with E-state index in [0.717, 1.165) is 10.0 Å². The molecule has 0 fully saturated rings. The lowest BCUT2D eigenvalue weighted by Crippen LogP contribution is -2.26. The van der Waals surface area contributed by atoms with Gasteiger partial charge in [0.05, 0.1) is 6.04 Å². The minimum atomic E-state index is -0.413. The highest BCUT2D eigenvalue weighted by molar-refractivity contribution is 9.10. The maximum Gasteiger partial charge on any atom is 0.251 e. The van der Waals surface area contributed by atoms with E-state index < -0.39 is 5.82 Å². The van der Waals surface area contributed by atoms with Crippen molar-refractivity contribution in [1.29, 1.82) is 0 Å². The molecule has 2 rings (SSSR count). The Bertz CT molecular complexity index is 583. The number of carbonyl (C=O) groups excluding carboxylic acids is 1. The SMILES string of the molecule is C[C@@H](NC(=O)c1cccc(F)c1)c1ccc(Br)cc1. The first kappa shape index (κ1) is 13.7. The third-order valence-electron chi connectivity index (χ3n) is 2.80. The fourth-order valence-corrected chi connectivity index (χ4v) is 2.01. The fourth-order valence-electron chi connectivity index (χ4n) is 1.74. The van der Waals surface area contributed by atoms with Crippen molar-refractivity contribution in [3.05, 3.63) is 69.9 Å². The first-order valence-corrected chi connectivity index (χ1v) is 6.67. The summed E-state index contributed by atoms with van der Waals surface area (Å²) in [7, 11) is 0. The van der Waals surface area contributed by atoms with Crippen molar-refractivity contribution in [1.82, 2.24) is 5.32 Å². The number of benzene rings is 2. The molecule has 0 saturated heterocycles. The van der Waals surface area contributed by atoms with Gasteiger partial charge in [0.1, 0.15) is 5.82 Å². The van der Waals surface area contributed by atoms with Crippen LogP contribution in [-0.4, -0.2) is 5.91 Å². The zero-order valence-electron chi connectivity index (χ0n) is 10.4. The molecule has 19 heavy (non-hydrogen) atoms. The molecule has 2 aromatic rings. The van der Waals surface area contributed by atoms with Crippen LogP contribution in [0.25, 0.3) is 0 Å². The Balaban J connectivity index is 2.08. The second-order valence-corrected chi connectivity index (χ2v) is 5.17. The highest BCUT2D eigenvalue weighted by Crippen LogP contribution is 2.17. The Kier molecular flexibility index (Phi) is 4.32. The van der Waals surface area contributed by atoms with Crippen molar-refractivity contribution >= 4 is 21.8 Å². The van der Waals surface area contributed by atoms with Crippen molar-refractivity contribution < 1.29 is 9.18 Å². The van der Waals surface area contributed by atoms with Crippen LogP contribution < -0.4 is 5.32 Å². The van der Waals surface area contributed by atoms with Crippen LogP contribution in [0.1, 0.15) is 28.9 Å². The Morgan fingerprint density at radius 2 is 1.89 bits per heavy atom. The van der Waals surface area contributed by atoms with E-state index >= 15 is 0 Å². The number of amides is 1. The lowest BCUT2D eigenvalue weighted by atomic mass is 10.1. The van der Waals surface area contributed by atoms with Crippen LogP contribution in [0.4, 0.5) is 4.39 Å². The van der Waals surface area contributed by atoms with Gasteiger partial charge in [-0.1, -0.05) is 34.1 Å². The lowest BCUT2D eigenvalue weighted by Gasteiger charge is -2.14. The molecule has 1 N–H and O–H groups in total. The van der Waals surface area contributed by atoms with Crippen molar-refractivity contribution in [2.45, 2.75) is 13.0 Å². The van der Waals surface area contributed by atoms with Gasteiger partial charge in [-0.25, -0.2) is 4.39 Å². The third kappa shape index (κ3) is 3.64. The summed E-state index contributed by atoms with van der Waals surface area (Å²) < 4.78 is 14.0. The van der Waals surface area contributed by atoms with Gasteiger partial charge >= 0.3 is 0 Å². The molecule has 0 radical (unpaired) electrons. The number of hydrogen-bond acceptors (Lipinski definition) is 1. The van der Waals surface area contributed by atoms with E-state index in [9.17, 15) is 9.18 Å². The summed E-state index contributed by atoms with van der Waals surface area (Å²) in [6.45, 7) is 1.89. The summed E-state index contributed by atoms with van der Waals surface area (Å²) >= 11 is 3.36. The van der Waals surface area contributed by atoms with Gasteiger partial charge in [-0.05, 0) is 42.8 Å². The van der Waals surface area contributed by atoms with Crippen molar-refractivity contribution in [3.63, 3.8) is 0 Å². The smallest absolute Gasteiger partial charge is 0.251 e. The molecular formula is C15H13BrFNO. The Morgan fingerprint density at radius 1 is 1.21 bits per heavy atom. The molecular weight excluding hydrogens is 309 g/mol. The Hall–Kier alpha value is -1.68. The molecule has 2 aromatic carbocycles. The highest BCUT2D eigenvalue weighted by Gasteiger charge is 2.11. The van der Waals surface area contributed by atoms with Crippen LogP contribution in [0.5, 0.6) is 0 Å².